The van der Waals surface area contributed by atoms with Gasteiger partial charge in [-0.2, -0.15) is 5.10 Å². The van der Waals surface area contributed by atoms with E-state index in [1.807, 2.05) is 0 Å². The van der Waals surface area contributed by atoms with Crippen LogP contribution in [-0.4, -0.2) is 22.3 Å². The molecule has 100 valence electrons. The first-order valence-electron chi connectivity index (χ1n) is 5.42. The molecule has 0 bridgehead atoms. The van der Waals surface area contributed by atoms with Crippen molar-refractivity contribution < 1.29 is 13.9 Å². The zero-order chi connectivity index (χ0) is 13.8. The molecule has 2 aromatic rings. The smallest absolute Gasteiger partial charge is 0.263 e. The molecule has 0 aliphatic carbocycles. The third-order valence-electron chi connectivity index (χ3n) is 2.34. The Hall–Kier alpha value is -1.89. The largest absolute Gasteiger partial charge is 0.483 e. The van der Waals surface area contributed by atoms with E-state index in [2.05, 4.69) is 26.3 Å². The van der Waals surface area contributed by atoms with Gasteiger partial charge in [-0.05, 0) is 34.1 Å². The van der Waals surface area contributed by atoms with Crippen LogP contribution in [0.3, 0.4) is 0 Å². The zero-order valence-electron chi connectivity index (χ0n) is 10.1. The van der Waals surface area contributed by atoms with Gasteiger partial charge in [-0.1, -0.05) is 0 Å². The minimum absolute atomic E-state index is 0.171. The first-order chi connectivity index (χ1) is 9.06. The highest BCUT2D eigenvalue weighted by molar-refractivity contribution is 9.10. The summed E-state index contributed by atoms with van der Waals surface area (Å²) in [5, 5.41) is 6.56. The average Bonchev–Trinajstić information content (AvgIpc) is 2.74. The Morgan fingerprint density at radius 1 is 1.53 bits per heavy atom. The maximum Gasteiger partial charge on any atom is 0.263 e. The Balaban J connectivity index is 1.92. The van der Waals surface area contributed by atoms with E-state index in [1.54, 1.807) is 19.3 Å². The van der Waals surface area contributed by atoms with E-state index in [4.69, 9.17) is 4.74 Å². The van der Waals surface area contributed by atoms with Crippen molar-refractivity contribution >= 4 is 27.7 Å². The van der Waals surface area contributed by atoms with Crippen LogP contribution in [0.5, 0.6) is 5.75 Å². The SMILES string of the molecule is Cn1nccc1NC(=O)COc1ccc(F)cc1Br. The predicted octanol–water partition coefficient (Wildman–Crippen LogP) is 2.34. The molecule has 1 N–H and O–H groups in total. The number of hydrogen-bond acceptors (Lipinski definition) is 3. The molecule has 0 spiro atoms. The number of carbonyl (C=O) groups excluding carboxylic acids is 1. The van der Waals surface area contributed by atoms with Crippen LogP contribution in [0.1, 0.15) is 0 Å². The molecule has 0 fully saturated rings. The summed E-state index contributed by atoms with van der Waals surface area (Å²) in [4.78, 5) is 11.6. The molecule has 1 aromatic heterocycles. The second-order valence-corrected chi connectivity index (χ2v) is 4.61. The second-order valence-electron chi connectivity index (χ2n) is 3.75. The molecule has 0 radical (unpaired) electrons. The molecular weight excluding hydrogens is 317 g/mol. The third kappa shape index (κ3) is 3.54. The summed E-state index contributed by atoms with van der Waals surface area (Å²) >= 11 is 3.16. The molecule has 5 nitrogen and oxygen atoms in total. The van der Waals surface area contributed by atoms with Crippen LogP contribution in [0.2, 0.25) is 0 Å². The summed E-state index contributed by atoms with van der Waals surface area (Å²) in [6, 6.07) is 5.66. The molecular formula is C12H11BrFN3O2. The lowest BCUT2D eigenvalue weighted by atomic mass is 10.3. The number of aromatic nitrogens is 2. The van der Waals surface area contributed by atoms with E-state index in [0.717, 1.165) is 0 Å². The van der Waals surface area contributed by atoms with Crippen LogP contribution in [0.25, 0.3) is 0 Å². The number of halogens is 2. The van der Waals surface area contributed by atoms with Crippen LogP contribution in [0.15, 0.2) is 34.9 Å². The Bertz CT molecular complexity index is 600. The van der Waals surface area contributed by atoms with Gasteiger partial charge in [-0.25, -0.2) is 4.39 Å². The minimum atomic E-state index is -0.376. The van der Waals surface area contributed by atoms with Crippen molar-refractivity contribution in [1.82, 2.24) is 9.78 Å². The van der Waals surface area contributed by atoms with Gasteiger partial charge >= 0.3 is 0 Å². The van der Waals surface area contributed by atoms with Gasteiger partial charge in [0.1, 0.15) is 17.4 Å². The van der Waals surface area contributed by atoms with Gasteiger partial charge in [0, 0.05) is 13.1 Å². The summed E-state index contributed by atoms with van der Waals surface area (Å²) in [7, 11) is 1.72. The Morgan fingerprint density at radius 2 is 2.32 bits per heavy atom. The van der Waals surface area contributed by atoms with Gasteiger partial charge in [0.15, 0.2) is 6.61 Å². The van der Waals surface area contributed by atoms with Crippen molar-refractivity contribution in [2.24, 2.45) is 7.05 Å². The van der Waals surface area contributed by atoms with Crippen LogP contribution in [0, 0.1) is 5.82 Å². The standard InChI is InChI=1S/C12H11BrFN3O2/c1-17-11(4-5-15-17)16-12(18)7-19-10-3-2-8(14)6-9(10)13/h2-6H,7H2,1H3,(H,16,18). The maximum atomic E-state index is 12.9. The van der Waals surface area contributed by atoms with E-state index in [1.165, 1.54) is 22.9 Å². The number of carbonyl (C=O) groups is 1. The van der Waals surface area contributed by atoms with Crippen molar-refractivity contribution in [3.63, 3.8) is 0 Å². The molecule has 0 atom stereocenters. The van der Waals surface area contributed by atoms with Crippen LogP contribution in [-0.2, 0) is 11.8 Å². The zero-order valence-corrected chi connectivity index (χ0v) is 11.6. The lowest BCUT2D eigenvalue weighted by molar-refractivity contribution is -0.118. The van der Waals surface area contributed by atoms with Gasteiger partial charge < -0.3 is 10.1 Å². The van der Waals surface area contributed by atoms with E-state index in [0.29, 0.717) is 16.0 Å². The van der Waals surface area contributed by atoms with Gasteiger partial charge in [0.25, 0.3) is 5.91 Å². The highest BCUT2D eigenvalue weighted by Gasteiger charge is 2.08. The highest BCUT2D eigenvalue weighted by Crippen LogP contribution is 2.25. The number of hydrogen-bond donors (Lipinski definition) is 1. The Kier molecular flexibility index (Phi) is 4.16. The molecule has 7 heteroatoms. The first-order valence-corrected chi connectivity index (χ1v) is 6.21. The Morgan fingerprint density at radius 3 is 2.95 bits per heavy atom. The number of ether oxygens (including phenoxy) is 1. The number of aryl methyl sites for hydroxylation is 1. The lowest BCUT2D eigenvalue weighted by Gasteiger charge is -2.08. The van der Waals surface area contributed by atoms with Crippen LogP contribution in [0.4, 0.5) is 10.2 Å². The second kappa shape index (κ2) is 5.83. The molecule has 1 aromatic carbocycles. The summed E-state index contributed by atoms with van der Waals surface area (Å²) in [6.07, 6.45) is 1.58. The van der Waals surface area contributed by atoms with E-state index < -0.39 is 0 Å². The van der Waals surface area contributed by atoms with Gasteiger partial charge in [-0.15, -0.1) is 0 Å². The minimum Gasteiger partial charge on any atom is -0.483 e. The van der Waals surface area contributed by atoms with Gasteiger partial charge in [-0.3, -0.25) is 9.48 Å². The number of nitrogens with one attached hydrogen (secondary N) is 1. The van der Waals surface area contributed by atoms with Gasteiger partial charge in [0.2, 0.25) is 0 Å². The van der Waals surface area contributed by atoms with Crippen molar-refractivity contribution in [3.05, 3.63) is 40.8 Å². The molecule has 1 amide bonds. The lowest BCUT2D eigenvalue weighted by Crippen LogP contribution is -2.21. The Labute approximate surface area is 117 Å². The molecule has 2 rings (SSSR count). The molecule has 0 saturated carbocycles. The van der Waals surface area contributed by atoms with Crippen molar-refractivity contribution in [1.29, 1.82) is 0 Å². The number of anilines is 1. The molecule has 0 saturated heterocycles. The molecule has 0 aliphatic heterocycles. The molecule has 1 heterocycles. The van der Waals surface area contributed by atoms with Crippen molar-refractivity contribution in [2.75, 3.05) is 11.9 Å². The maximum absolute atomic E-state index is 12.9. The highest BCUT2D eigenvalue weighted by atomic mass is 79.9. The fourth-order valence-corrected chi connectivity index (χ4v) is 1.88. The summed E-state index contributed by atoms with van der Waals surface area (Å²) in [5.41, 5.74) is 0. The fourth-order valence-electron chi connectivity index (χ4n) is 1.41. The number of nitrogens with zero attached hydrogens (tertiary/aromatic N) is 2. The summed E-state index contributed by atoms with van der Waals surface area (Å²) in [5.74, 6) is 0.284. The predicted molar refractivity (Wildman–Crippen MR) is 71.4 cm³/mol. The monoisotopic (exact) mass is 327 g/mol. The average molecular weight is 328 g/mol. The topological polar surface area (TPSA) is 56.2 Å². The number of amides is 1. The fraction of sp³-hybridized carbons (Fsp3) is 0.167. The summed E-state index contributed by atoms with van der Waals surface area (Å²) < 4.78 is 20.1. The third-order valence-corrected chi connectivity index (χ3v) is 2.96. The van der Waals surface area contributed by atoms with E-state index in [-0.39, 0.29) is 18.3 Å². The first kappa shape index (κ1) is 13.5. The molecule has 19 heavy (non-hydrogen) atoms. The van der Waals surface area contributed by atoms with E-state index >= 15 is 0 Å². The van der Waals surface area contributed by atoms with Gasteiger partial charge in [0.05, 0.1) is 10.7 Å². The normalized spacial score (nSPS) is 10.3. The summed E-state index contributed by atoms with van der Waals surface area (Å²) in [6.45, 7) is -0.171. The van der Waals surface area contributed by atoms with Crippen LogP contribution >= 0.6 is 15.9 Å². The van der Waals surface area contributed by atoms with Crippen molar-refractivity contribution in [2.45, 2.75) is 0 Å². The van der Waals surface area contributed by atoms with Crippen molar-refractivity contribution in [3.8, 4) is 5.75 Å². The van der Waals surface area contributed by atoms with Crippen LogP contribution < -0.4 is 10.1 Å². The number of benzene rings is 1. The molecule has 0 unspecified atom stereocenters. The molecule has 0 aliphatic rings. The van der Waals surface area contributed by atoms with E-state index in [9.17, 15) is 9.18 Å². The number of rotatable bonds is 4. The quantitative estimate of drug-likeness (QED) is 0.937.